The van der Waals surface area contributed by atoms with Crippen LogP contribution in [0.5, 0.6) is 0 Å². The monoisotopic (exact) mass is 414 g/mol. The number of nitrogens with zero attached hydrogens (tertiary/aromatic N) is 4. The Bertz CT molecular complexity index is 1170. The van der Waals surface area contributed by atoms with Crippen molar-refractivity contribution in [3.05, 3.63) is 48.0 Å². The lowest BCUT2D eigenvalue weighted by Gasteiger charge is -2.27. The molecule has 1 aromatic heterocycles. The van der Waals surface area contributed by atoms with Gasteiger partial charge in [0.25, 0.3) is 0 Å². The van der Waals surface area contributed by atoms with E-state index in [1.807, 2.05) is 24.3 Å². The van der Waals surface area contributed by atoms with Crippen molar-refractivity contribution in [3.8, 4) is 0 Å². The first-order valence-electron chi connectivity index (χ1n) is 9.20. The molecule has 0 aliphatic carbocycles. The van der Waals surface area contributed by atoms with Gasteiger partial charge in [0.1, 0.15) is 22.0 Å². The molecular formula is C19H18N4O3S2. The third kappa shape index (κ3) is 2.65. The molecule has 3 heterocycles. The Labute approximate surface area is 167 Å². The molecule has 9 heteroatoms. The van der Waals surface area contributed by atoms with Gasteiger partial charge in [-0.25, -0.2) is 8.42 Å². The van der Waals surface area contributed by atoms with Gasteiger partial charge in [-0.05, 0) is 43.0 Å². The molecule has 2 aliphatic heterocycles. The summed E-state index contributed by atoms with van der Waals surface area (Å²) in [4.78, 5) is 15.2. The average Bonchev–Trinajstić information content (AvgIpc) is 3.45. The third-order valence-corrected chi connectivity index (χ3v) is 7.96. The summed E-state index contributed by atoms with van der Waals surface area (Å²) in [5.41, 5.74) is 2.95. The number of hydrogen-bond acceptors (Lipinski definition) is 6. The Morgan fingerprint density at radius 1 is 1.07 bits per heavy atom. The molecule has 3 aromatic rings. The van der Waals surface area contributed by atoms with E-state index in [1.165, 1.54) is 4.31 Å². The fraction of sp³-hybridized carbons (Fsp3) is 0.316. The summed E-state index contributed by atoms with van der Waals surface area (Å²) in [7, 11) is -3.85. The SMILES string of the molecule is O=C(C1CCCN1S(=O)(=O)c1cccc2nsnc12)N1CCc2ccccc21. The van der Waals surface area contributed by atoms with Gasteiger partial charge in [0.05, 0.1) is 11.7 Å². The summed E-state index contributed by atoms with van der Waals surface area (Å²) >= 11 is 0.987. The number of anilines is 1. The molecule has 28 heavy (non-hydrogen) atoms. The van der Waals surface area contributed by atoms with E-state index in [2.05, 4.69) is 8.75 Å². The number of hydrogen-bond donors (Lipinski definition) is 0. The lowest BCUT2D eigenvalue weighted by molar-refractivity contribution is -0.121. The highest BCUT2D eigenvalue weighted by Gasteiger charge is 2.43. The number of sulfonamides is 1. The fourth-order valence-corrected chi connectivity index (χ4v) is 6.54. The van der Waals surface area contributed by atoms with Crippen LogP contribution in [0.25, 0.3) is 11.0 Å². The number of aromatic nitrogens is 2. The van der Waals surface area contributed by atoms with Crippen molar-refractivity contribution in [1.82, 2.24) is 13.1 Å². The van der Waals surface area contributed by atoms with E-state index in [0.717, 1.165) is 29.4 Å². The fourth-order valence-electron chi connectivity index (χ4n) is 4.14. The number of rotatable bonds is 3. The van der Waals surface area contributed by atoms with Crippen LogP contribution >= 0.6 is 11.7 Å². The topological polar surface area (TPSA) is 83.5 Å². The Hall–Kier alpha value is -2.36. The highest BCUT2D eigenvalue weighted by atomic mass is 32.2. The lowest BCUT2D eigenvalue weighted by Crippen LogP contribution is -2.47. The molecule has 0 saturated carbocycles. The second-order valence-electron chi connectivity index (χ2n) is 7.03. The molecule has 1 unspecified atom stereocenters. The van der Waals surface area contributed by atoms with Gasteiger partial charge in [0, 0.05) is 18.8 Å². The van der Waals surface area contributed by atoms with Crippen molar-refractivity contribution in [1.29, 1.82) is 0 Å². The smallest absolute Gasteiger partial charge is 0.246 e. The number of amides is 1. The van der Waals surface area contributed by atoms with Gasteiger partial charge in [-0.15, -0.1) is 0 Å². The van der Waals surface area contributed by atoms with Crippen molar-refractivity contribution < 1.29 is 13.2 Å². The summed E-state index contributed by atoms with van der Waals surface area (Å²) in [6.07, 6.45) is 1.99. The summed E-state index contributed by atoms with van der Waals surface area (Å²) in [6, 6.07) is 12.1. The van der Waals surface area contributed by atoms with Crippen LogP contribution in [0, 0.1) is 0 Å². The highest BCUT2D eigenvalue weighted by molar-refractivity contribution is 7.89. The van der Waals surface area contributed by atoms with E-state index < -0.39 is 16.1 Å². The quantitative estimate of drug-likeness (QED) is 0.657. The molecule has 144 valence electrons. The van der Waals surface area contributed by atoms with Gasteiger partial charge in [-0.2, -0.15) is 13.1 Å². The van der Waals surface area contributed by atoms with E-state index in [4.69, 9.17) is 0 Å². The first-order valence-corrected chi connectivity index (χ1v) is 11.4. The normalized spacial score (nSPS) is 20.0. The zero-order valence-corrected chi connectivity index (χ0v) is 16.6. The van der Waals surface area contributed by atoms with Crippen LogP contribution in [0.1, 0.15) is 18.4 Å². The van der Waals surface area contributed by atoms with E-state index in [-0.39, 0.29) is 10.8 Å². The molecular weight excluding hydrogens is 396 g/mol. The molecule has 2 aliphatic rings. The Morgan fingerprint density at radius 3 is 2.82 bits per heavy atom. The van der Waals surface area contributed by atoms with Gasteiger partial charge in [0.15, 0.2) is 0 Å². The van der Waals surface area contributed by atoms with E-state index in [9.17, 15) is 13.2 Å². The third-order valence-electron chi connectivity index (χ3n) is 5.48. The minimum absolute atomic E-state index is 0.125. The molecule has 1 amide bonds. The van der Waals surface area contributed by atoms with Crippen molar-refractivity contribution in [2.24, 2.45) is 0 Å². The number of carbonyl (C=O) groups excluding carboxylic acids is 1. The first kappa shape index (κ1) is 17.7. The molecule has 2 aromatic carbocycles. The summed E-state index contributed by atoms with van der Waals surface area (Å²) in [5, 5.41) is 0. The second kappa shape index (κ2) is 6.61. The molecule has 1 atom stereocenters. The van der Waals surface area contributed by atoms with Gasteiger partial charge in [-0.1, -0.05) is 24.3 Å². The Balaban J connectivity index is 1.50. The predicted molar refractivity (Wildman–Crippen MR) is 107 cm³/mol. The number of carbonyl (C=O) groups is 1. The van der Waals surface area contributed by atoms with Crippen LogP contribution < -0.4 is 4.90 Å². The van der Waals surface area contributed by atoms with Crippen molar-refractivity contribution in [2.75, 3.05) is 18.0 Å². The van der Waals surface area contributed by atoms with Crippen molar-refractivity contribution >= 4 is 44.4 Å². The minimum atomic E-state index is -3.85. The van der Waals surface area contributed by atoms with Crippen molar-refractivity contribution in [2.45, 2.75) is 30.2 Å². The molecule has 0 radical (unpaired) electrons. The van der Waals surface area contributed by atoms with Crippen LogP contribution in [0.15, 0.2) is 47.4 Å². The average molecular weight is 415 g/mol. The summed E-state index contributed by atoms with van der Waals surface area (Å²) < 4.78 is 36.5. The van der Waals surface area contributed by atoms with Gasteiger partial charge in [0.2, 0.25) is 15.9 Å². The van der Waals surface area contributed by atoms with Crippen molar-refractivity contribution in [3.63, 3.8) is 0 Å². The number of benzene rings is 2. The second-order valence-corrected chi connectivity index (χ2v) is 9.42. The molecule has 1 saturated heterocycles. The van der Waals surface area contributed by atoms with Crippen LogP contribution in [-0.4, -0.2) is 46.5 Å². The van der Waals surface area contributed by atoms with Crippen LogP contribution in [0.2, 0.25) is 0 Å². The van der Waals surface area contributed by atoms with Gasteiger partial charge < -0.3 is 4.90 Å². The van der Waals surface area contributed by atoms with E-state index >= 15 is 0 Å². The maximum atomic E-state index is 13.4. The molecule has 0 spiro atoms. The predicted octanol–water partition coefficient (Wildman–Crippen LogP) is 2.43. The molecule has 5 rings (SSSR count). The van der Waals surface area contributed by atoms with Gasteiger partial charge >= 0.3 is 0 Å². The Morgan fingerprint density at radius 2 is 1.93 bits per heavy atom. The highest BCUT2D eigenvalue weighted by Crippen LogP contribution is 2.34. The van der Waals surface area contributed by atoms with Crippen LogP contribution in [0.3, 0.4) is 0 Å². The largest absolute Gasteiger partial charge is 0.310 e. The lowest BCUT2D eigenvalue weighted by atomic mass is 10.1. The summed E-state index contributed by atoms with van der Waals surface area (Å²) in [6.45, 7) is 0.927. The summed E-state index contributed by atoms with van der Waals surface area (Å²) in [5.74, 6) is -0.144. The molecule has 7 nitrogen and oxygen atoms in total. The number of para-hydroxylation sites is 1. The standard InChI is InChI=1S/C19H18N4O3S2/c24-19(22-12-10-13-5-1-2-7-15(13)22)16-8-4-11-23(16)28(25,26)17-9-3-6-14-18(17)21-27-20-14/h1-3,5-7,9,16H,4,8,10-12H2. The number of fused-ring (bicyclic) bond motifs is 2. The molecule has 0 N–H and O–H groups in total. The Kier molecular flexibility index (Phi) is 4.18. The maximum absolute atomic E-state index is 13.4. The van der Waals surface area contributed by atoms with Crippen LogP contribution in [0.4, 0.5) is 5.69 Å². The zero-order valence-electron chi connectivity index (χ0n) is 15.0. The zero-order chi connectivity index (χ0) is 19.3. The molecule has 1 fully saturated rings. The maximum Gasteiger partial charge on any atom is 0.246 e. The minimum Gasteiger partial charge on any atom is -0.310 e. The van der Waals surface area contributed by atoms with Gasteiger partial charge in [-0.3, -0.25) is 4.79 Å². The first-order chi connectivity index (χ1) is 13.6. The van der Waals surface area contributed by atoms with E-state index in [0.29, 0.717) is 37.0 Å². The van der Waals surface area contributed by atoms with E-state index in [1.54, 1.807) is 23.1 Å². The molecule has 0 bridgehead atoms. The van der Waals surface area contributed by atoms with Crippen LogP contribution in [-0.2, 0) is 21.2 Å².